The van der Waals surface area contributed by atoms with Gasteiger partial charge in [0.15, 0.2) is 0 Å². The molecule has 0 heterocycles. The predicted molar refractivity (Wildman–Crippen MR) is 111 cm³/mol. The van der Waals surface area contributed by atoms with Gasteiger partial charge in [-0.05, 0) is 90.8 Å². The lowest BCUT2D eigenvalue weighted by atomic mass is 9.88. The first-order chi connectivity index (χ1) is 14.1. The quantitative estimate of drug-likeness (QED) is 0.697. The molecule has 2 aromatic carbocycles. The Morgan fingerprint density at radius 1 is 0.828 bits per heavy atom. The molecule has 4 rings (SSSR count). The number of hydrogen-bond donors (Lipinski definition) is 0. The van der Waals surface area contributed by atoms with Crippen molar-refractivity contribution in [3.05, 3.63) is 69.3 Å². The summed E-state index contributed by atoms with van der Waals surface area (Å²) in [4.78, 5) is 25.0. The van der Waals surface area contributed by atoms with Gasteiger partial charge in [-0.1, -0.05) is 24.3 Å². The molecule has 0 aliphatic heterocycles. The first-order valence-corrected chi connectivity index (χ1v) is 10.5. The zero-order chi connectivity index (χ0) is 20.4. The number of esters is 2. The predicted octanol–water partition coefficient (Wildman–Crippen LogP) is 4.03. The Balaban J connectivity index is 1.63. The molecule has 0 fully saturated rings. The number of carbonyl (C=O) groups is 2. The third-order valence-corrected chi connectivity index (χ3v) is 6.37. The first kappa shape index (κ1) is 19.7. The van der Waals surface area contributed by atoms with Crippen molar-refractivity contribution in [1.29, 1.82) is 0 Å². The van der Waals surface area contributed by atoms with Gasteiger partial charge in [-0.15, -0.1) is 0 Å². The summed E-state index contributed by atoms with van der Waals surface area (Å²) in [7, 11) is 2.84. The Kier molecular flexibility index (Phi) is 5.70. The molecular formula is C25H28O4. The average Bonchev–Trinajstić information content (AvgIpc) is 3.39. The number of benzene rings is 2. The lowest BCUT2D eigenvalue weighted by Crippen LogP contribution is -2.23. The van der Waals surface area contributed by atoms with Crippen molar-refractivity contribution in [2.45, 2.75) is 51.4 Å². The summed E-state index contributed by atoms with van der Waals surface area (Å²) in [6.45, 7) is 0. The summed E-state index contributed by atoms with van der Waals surface area (Å²) in [6.07, 6.45) is 7.68. The molecule has 0 saturated carbocycles. The highest BCUT2D eigenvalue weighted by molar-refractivity contribution is 5.91. The van der Waals surface area contributed by atoms with Crippen LogP contribution in [0.2, 0.25) is 0 Å². The lowest BCUT2D eigenvalue weighted by Gasteiger charge is -2.18. The maximum Gasteiger partial charge on any atom is 0.338 e. The third-order valence-electron chi connectivity index (χ3n) is 6.37. The molecule has 0 N–H and O–H groups in total. The molecule has 152 valence electrons. The molecule has 0 aromatic heterocycles. The monoisotopic (exact) mass is 392 g/mol. The minimum Gasteiger partial charge on any atom is -0.469 e. The summed E-state index contributed by atoms with van der Waals surface area (Å²) >= 11 is 0. The number of rotatable bonds is 6. The summed E-state index contributed by atoms with van der Waals surface area (Å²) in [6, 6.07) is 10.6. The lowest BCUT2D eigenvalue weighted by molar-refractivity contribution is -0.145. The smallest absolute Gasteiger partial charge is 0.338 e. The first-order valence-electron chi connectivity index (χ1n) is 10.5. The van der Waals surface area contributed by atoms with Gasteiger partial charge in [0.05, 0.1) is 25.7 Å². The van der Waals surface area contributed by atoms with E-state index in [1.54, 1.807) is 0 Å². The van der Waals surface area contributed by atoms with E-state index in [9.17, 15) is 9.59 Å². The van der Waals surface area contributed by atoms with Crippen LogP contribution in [0.1, 0.15) is 56.6 Å². The van der Waals surface area contributed by atoms with Crippen molar-refractivity contribution in [3.63, 3.8) is 0 Å². The number of fused-ring (bicyclic) bond motifs is 2. The number of hydrogen-bond acceptors (Lipinski definition) is 4. The minimum atomic E-state index is -0.337. The van der Waals surface area contributed by atoms with Crippen molar-refractivity contribution >= 4 is 11.9 Å². The fourth-order valence-corrected chi connectivity index (χ4v) is 4.85. The van der Waals surface area contributed by atoms with Gasteiger partial charge in [-0.25, -0.2) is 4.79 Å². The van der Waals surface area contributed by atoms with Gasteiger partial charge in [-0.2, -0.15) is 0 Å². The molecule has 2 aromatic rings. The SMILES string of the molecule is COC(=O)c1cc2c(cc1C[C@H](Cc1ccc3c(c1)CCC3)C(=O)OC)CCC2. The van der Waals surface area contributed by atoms with Crippen LogP contribution in [0.25, 0.3) is 0 Å². The van der Waals surface area contributed by atoms with E-state index < -0.39 is 0 Å². The number of aryl methyl sites for hydroxylation is 4. The molecule has 0 unspecified atom stereocenters. The van der Waals surface area contributed by atoms with Crippen LogP contribution in [-0.4, -0.2) is 26.2 Å². The molecule has 1 atom stereocenters. The van der Waals surface area contributed by atoms with Gasteiger partial charge in [0.25, 0.3) is 0 Å². The molecule has 0 saturated heterocycles. The van der Waals surface area contributed by atoms with Crippen LogP contribution in [0.4, 0.5) is 0 Å². The van der Waals surface area contributed by atoms with E-state index in [4.69, 9.17) is 9.47 Å². The molecule has 0 bridgehead atoms. The summed E-state index contributed by atoms with van der Waals surface area (Å²) in [5.41, 5.74) is 7.96. The number of carbonyl (C=O) groups excluding carboxylic acids is 2. The molecule has 0 radical (unpaired) electrons. The Hall–Kier alpha value is -2.62. The summed E-state index contributed by atoms with van der Waals surface area (Å²) in [5.74, 6) is -0.903. The van der Waals surface area contributed by atoms with Crippen LogP contribution in [0.15, 0.2) is 30.3 Å². The van der Waals surface area contributed by atoms with Crippen LogP contribution in [0.3, 0.4) is 0 Å². The Morgan fingerprint density at radius 2 is 1.48 bits per heavy atom. The zero-order valence-electron chi connectivity index (χ0n) is 17.3. The van der Waals surface area contributed by atoms with Crippen LogP contribution in [-0.2, 0) is 52.8 Å². The van der Waals surface area contributed by atoms with Gasteiger partial charge >= 0.3 is 11.9 Å². The second-order valence-electron chi connectivity index (χ2n) is 8.21. The van der Waals surface area contributed by atoms with Crippen molar-refractivity contribution in [2.24, 2.45) is 5.92 Å². The molecule has 29 heavy (non-hydrogen) atoms. The third kappa shape index (κ3) is 4.07. The number of ether oxygens (including phenoxy) is 2. The standard InChI is InChI=1S/C25H28O4/c1-28-24(26)22(12-16-9-10-17-5-3-6-18(17)11-16)14-21-13-19-7-4-8-20(19)15-23(21)25(27)29-2/h9-11,13,15,22H,3-8,12,14H2,1-2H3/t22-/m0/s1. The van der Waals surface area contributed by atoms with Gasteiger partial charge in [0.2, 0.25) is 0 Å². The van der Waals surface area contributed by atoms with Crippen molar-refractivity contribution in [1.82, 2.24) is 0 Å². The molecule has 4 nitrogen and oxygen atoms in total. The van der Waals surface area contributed by atoms with Gasteiger partial charge in [0, 0.05) is 0 Å². The molecule has 2 aliphatic carbocycles. The van der Waals surface area contributed by atoms with E-state index >= 15 is 0 Å². The fraction of sp³-hybridized carbons (Fsp3) is 0.440. The maximum absolute atomic E-state index is 12.6. The van der Waals surface area contributed by atoms with E-state index in [-0.39, 0.29) is 17.9 Å². The fourth-order valence-electron chi connectivity index (χ4n) is 4.85. The van der Waals surface area contributed by atoms with Crippen molar-refractivity contribution < 1.29 is 19.1 Å². The maximum atomic E-state index is 12.6. The van der Waals surface area contributed by atoms with Crippen LogP contribution >= 0.6 is 0 Å². The molecule has 0 amide bonds. The highest BCUT2D eigenvalue weighted by Crippen LogP contribution is 2.29. The van der Waals surface area contributed by atoms with E-state index in [0.717, 1.165) is 43.2 Å². The van der Waals surface area contributed by atoms with Crippen molar-refractivity contribution in [3.8, 4) is 0 Å². The molecular weight excluding hydrogens is 364 g/mol. The Morgan fingerprint density at radius 3 is 2.17 bits per heavy atom. The van der Waals surface area contributed by atoms with Crippen LogP contribution in [0.5, 0.6) is 0 Å². The molecule has 4 heteroatoms. The van der Waals surface area contributed by atoms with E-state index in [0.29, 0.717) is 18.4 Å². The molecule has 0 spiro atoms. The summed E-state index contributed by atoms with van der Waals surface area (Å²) in [5, 5.41) is 0. The van der Waals surface area contributed by atoms with Gasteiger partial charge in [0.1, 0.15) is 0 Å². The minimum absolute atomic E-state index is 0.234. The van der Waals surface area contributed by atoms with Crippen LogP contribution in [0, 0.1) is 5.92 Å². The van der Waals surface area contributed by atoms with Gasteiger partial charge in [-0.3, -0.25) is 4.79 Å². The number of methoxy groups -OCH3 is 2. The van der Waals surface area contributed by atoms with Gasteiger partial charge < -0.3 is 9.47 Å². The second kappa shape index (κ2) is 8.40. The second-order valence-corrected chi connectivity index (χ2v) is 8.21. The largest absolute Gasteiger partial charge is 0.469 e. The highest BCUT2D eigenvalue weighted by Gasteiger charge is 2.26. The highest BCUT2D eigenvalue weighted by atomic mass is 16.5. The topological polar surface area (TPSA) is 52.6 Å². The zero-order valence-corrected chi connectivity index (χ0v) is 17.3. The van der Waals surface area contributed by atoms with Crippen LogP contribution < -0.4 is 0 Å². The van der Waals surface area contributed by atoms with E-state index in [1.807, 2.05) is 6.07 Å². The van der Waals surface area contributed by atoms with Crippen molar-refractivity contribution in [2.75, 3.05) is 14.2 Å². The normalized spacial score (nSPS) is 15.5. The Labute approximate surface area is 172 Å². The average molecular weight is 392 g/mol. The molecule has 2 aliphatic rings. The summed E-state index contributed by atoms with van der Waals surface area (Å²) < 4.78 is 10.1. The van der Waals surface area contributed by atoms with E-state index in [1.165, 1.54) is 42.9 Å². The van der Waals surface area contributed by atoms with E-state index in [2.05, 4.69) is 24.3 Å². The Bertz CT molecular complexity index is 944.